The fourth-order valence-corrected chi connectivity index (χ4v) is 3.27. The summed E-state index contributed by atoms with van der Waals surface area (Å²) in [6, 6.07) is 0.826. The summed E-state index contributed by atoms with van der Waals surface area (Å²) in [5.41, 5.74) is 0. The Morgan fingerprint density at radius 1 is 1.50 bits per heavy atom. The molecule has 6 nitrogen and oxygen atoms in total. The standard InChI is InChI=1S/C11H21N5OS/c1-12-9(7-17-2)8-18-11-13-14-15-16(11)10-5-3-4-6-10/h9-10,12H,3-8H2,1-2H3. The van der Waals surface area contributed by atoms with Crippen LogP contribution in [0.15, 0.2) is 5.16 Å². The first kappa shape index (κ1) is 13.8. The van der Waals surface area contributed by atoms with Gasteiger partial charge in [0.15, 0.2) is 0 Å². The van der Waals surface area contributed by atoms with Gasteiger partial charge in [-0.05, 0) is 30.3 Å². The first-order valence-electron chi connectivity index (χ1n) is 6.42. The monoisotopic (exact) mass is 271 g/mol. The van der Waals surface area contributed by atoms with Gasteiger partial charge in [0.2, 0.25) is 5.16 Å². The third-order valence-corrected chi connectivity index (χ3v) is 4.42. The molecule has 1 aromatic rings. The van der Waals surface area contributed by atoms with E-state index in [1.54, 1.807) is 18.9 Å². The zero-order valence-corrected chi connectivity index (χ0v) is 11.8. The van der Waals surface area contributed by atoms with E-state index in [9.17, 15) is 0 Å². The summed E-state index contributed by atoms with van der Waals surface area (Å²) in [6.07, 6.45) is 4.98. The van der Waals surface area contributed by atoms with Gasteiger partial charge in [-0.3, -0.25) is 0 Å². The lowest BCUT2D eigenvalue weighted by Crippen LogP contribution is -2.32. The van der Waals surface area contributed by atoms with Gasteiger partial charge in [0.1, 0.15) is 0 Å². The van der Waals surface area contributed by atoms with E-state index in [4.69, 9.17) is 4.74 Å². The molecule has 1 aliphatic carbocycles. The van der Waals surface area contributed by atoms with Gasteiger partial charge in [-0.25, -0.2) is 4.68 Å². The van der Waals surface area contributed by atoms with Crippen LogP contribution in [0, 0.1) is 0 Å². The largest absolute Gasteiger partial charge is 0.383 e. The van der Waals surface area contributed by atoms with Gasteiger partial charge in [-0.15, -0.1) is 5.10 Å². The van der Waals surface area contributed by atoms with Gasteiger partial charge in [-0.1, -0.05) is 24.6 Å². The number of hydrogen-bond donors (Lipinski definition) is 1. The molecule has 7 heteroatoms. The van der Waals surface area contributed by atoms with Crippen molar-refractivity contribution in [3.8, 4) is 0 Å². The van der Waals surface area contributed by atoms with E-state index >= 15 is 0 Å². The van der Waals surface area contributed by atoms with Gasteiger partial charge in [0, 0.05) is 18.9 Å². The summed E-state index contributed by atoms with van der Waals surface area (Å²) in [4.78, 5) is 0. The number of nitrogens with zero attached hydrogens (tertiary/aromatic N) is 4. The van der Waals surface area contributed by atoms with Crippen molar-refractivity contribution in [2.24, 2.45) is 0 Å². The summed E-state index contributed by atoms with van der Waals surface area (Å²) in [6.45, 7) is 0.703. The molecular weight excluding hydrogens is 250 g/mol. The number of methoxy groups -OCH3 is 1. The number of tetrazole rings is 1. The molecule has 0 spiro atoms. The lowest BCUT2D eigenvalue weighted by atomic mass is 10.3. The zero-order chi connectivity index (χ0) is 12.8. The van der Waals surface area contributed by atoms with Gasteiger partial charge >= 0.3 is 0 Å². The molecular formula is C11H21N5OS. The Hall–Kier alpha value is -0.660. The SMILES string of the molecule is CNC(COC)CSc1nnnn1C1CCCC1. The highest BCUT2D eigenvalue weighted by molar-refractivity contribution is 7.99. The number of nitrogens with one attached hydrogen (secondary N) is 1. The third-order valence-electron chi connectivity index (χ3n) is 3.32. The molecule has 18 heavy (non-hydrogen) atoms. The highest BCUT2D eigenvalue weighted by Crippen LogP contribution is 2.31. The summed E-state index contributed by atoms with van der Waals surface area (Å²) >= 11 is 1.70. The Morgan fingerprint density at radius 2 is 2.28 bits per heavy atom. The lowest BCUT2D eigenvalue weighted by molar-refractivity contribution is 0.177. The number of rotatable bonds is 7. The number of aromatic nitrogens is 4. The Balaban J connectivity index is 1.90. The van der Waals surface area contributed by atoms with Crippen LogP contribution in [0.4, 0.5) is 0 Å². The van der Waals surface area contributed by atoms with Gasteiger partial charge in [-0.2, -0.15) is 0 Å². The maximum atomic E-state index is 5.16. The van der Waals surface area contributed by atoms with E-state index in [1.807, 2.05) is 11.7 Å². The summed E-state index contributed by atoms with van der Waals surface area (Å²) in [7, 11) is 3.67. The van der Waals surface area contributed by atoms with Crippen LogP contribution in [0.1, 0.15) is 31.7 Å². The predicted molar refractivity (Wildman–Crippen MR) is 70.8 cm³/mol. The van der Waals surface area contributed by atoms with Gasteiger partial charge in [0.25, 0.3) is 0 Å². The minimum Gasteiger partial charge on any atom is -0.383 e. The molecule has 0 bridgehead atoms. The first-order valence-corrected chi connectivity index (χ1v) is 7.40. The molecule has 1 aliphatic rings. The molecule has 102 valence electrons. The molecule has 0 radical (unpaired) electrons. The smallest absolute Gasteiger partial charge is 0.209 e. The van der Waals surface area contributed by atoms with Crippen molar-refractivity contribution in [3.05, 3.63) is 0 Å². The van der Waals surface area contributed by atoms with Crippen molar-refractivity contribution in [2.45, 2.75) is 42.9 Å². The number of likely N-dealkylation sites (N-methyl/N-ethyl adjacent to an activating group) is 1. The second-order valence-electron chi connectivity index (χ2n) is 4.60. The van der Waals surface area contributed by atoms with Crippen LogP contribution in [0.3, 0.4) is 0 Å². The highest BCUT2D eigenvalue weighted by Gasteiger charge is 2.22. The Morgan fingerprint density at radius 3 is 2.94 bits per heavy atom. The van der Waals surface area contributed by atoms with Crippen LogP contribution in [0.2, 0.25) is 0 Å². The van der Waals surface area contributed by atoms with Crippen molar-refractivity contribution < 1.29 is 4.74 Å². The molecule has 0 saturated heterocycles. The van der Waals surface area contributed by atoms with Crippen molar-refractivity contribution in [2.75, 3.05) is 26.5 Å². The van der Waals surface area contributed by atoms with E-state index in [2.05, 4.69) is 20.8 Å². The average Bonchev–Trinajstić information content (AvgIpc) is 3.04. The van der Waals surface area contributed by atoms with E-state index in [0.29, 0.717) is 18.7 Å². The minimum atomic E-state index is 0.328. The maximum Gasteiger partial charge on any atom is 0.209 e. The van der Waals surface area contributed by atoms with Crippen LogP contribution in [-0.2, 0) is 4.74 Å². The van der Waals surface area contributed by atoms with Crippen LogP contribution >= 0.6 is 11.8 Å². The topological polar surface area (TPSA) is 64.9 Å². The number of ether oxygens (including phenoxy) is 1. The highest BCUT2D eigenvalue weighted by atomic mass is 32.2. The Labute approximate surface area is 112 Å². The second-order valence-corrected chi connectivity index (χ2v) is 5.58. The molecule has 0 aromatic carbocycles. The molecule has 0 aliphatic heterocycles. The lowest BCUT2D eigenvalue weighted by Gasteiger charge is -2.15. The van der Waals surface area contributed by atoms with Crippen LogP contribution in [0.25, 0.3) is 0 Å². The molecule has 1 atom stereocenters. The number of hydrogen-bond acceptors (Lipinski definition) is 6. The first-order chi connectivity index (χ1) is 8.85. The second kappa shape index (κ2) is 7.06. The van der Waals surface area contributed by atoms with Crippen molar-refractivity contribution in [1.29, 1.82) is 0 Å². The molecule has 1 aromatic heterocycles. The predicted octanol–water partition coefficient (Wildman–Crippen LogP) is 1.11. The third kappa shape index (κ3) is 3.43. The Kier molecular flexibility index (Phi) is 5.40. The fraction of sp³-hybridized carbons (Fsp3) is 0.909. The van der Waals surface area contributed by atoms with Crippen molar-refractivity contribution >= 4 is 11.8 Å². The molecule has 1 N–H and O–H groups in total. The summed E-state index contributed by atoms with van der Waals surface area (Å²) < 4.78 is 7.16. The Bertz CT molecular complexity index is 353. The maximum absolute atomic E-state index is 5.16. The summed E-state index contributed by atoms with van der Waals surface area (Å²) in [5.74, 6) is 0.914. The summed E-state index contributed by atoms with van der Waals surface area (Å²) in [5, 5.41) is 16.2. The molecule has 1 saturated carbocycles. The fourth-order valence-electron chi connectivity index (χ4n) is 2.25. The molecule has 1 heterocycles. The van der Waals surface area contributed by atoms with Crippen LogP contribution < -0.4 is 5.32 Å². The van der Waals surface area contributed by atoms with Crippen molar-refractivity contribution in [3.63, 3.8) is 0 Å². The molecule has 1 unspecified atom stereocenters. The number of thioether (sulfide) groups is 1. The molecule has 0 amide bonds. The van der Waals surface area contributed by atoms with Gasteiger partial charge < -0.3 is 10.1 Å². The molecule has 2 rings (SSSR count). The minimum absolute atomic E-state index is 0.328. The van der Waals surface area contributed by atoms with Crippen molar-refractivity contribution in [1.82, 2.24) is 25.5 Å². The average molecular weight is 271 g/mol. The normalized spacial score (nSPS) is 18.3. The van der Waals surface area contributed by atoms with E-state index in [1.165, 1.54) is 25.7 Å². The van der Waals surface area contributed by atoms with E-state index in [-0.39, 0.29) is 0 Å². The van der Waals surface area contributed by atoms with Gasteiger partial charge in [0.05, 0.1) is 12.6 Å². The van der Waals surface area contributed by atoms with Crippen LogP contribution in [-0.4, -0.2) is 52.8 Å². The zero-order valence-electron chi connectivity index (χ0n) is 11.0. The quantitative estimate of drug-likeness (QED) is 0.750. The molecule has 1 fully saturated rings. The van der Waals surface area contributed by atoms with E-state index in [0.717, 1.165) is 10.9 Å². The van der Waals surface area contributed by atoms with Crippen LogP contribution in [0.5, 0.6) is 0 Å². The van der Waals surface area contributed by atoms with E-state index < -0.39 is 0 Å².